The van der Waals surface area contributed by atoms with Crippen molar-refractivity contribution in [2.45, 2.75) is 13.3 Å². The second kappa shape index (κ2) is 4.28. The molecule has 0 saturated heterocycles. The summed E-state index contributed by atoms with van der Waals surface area (Å²) in [5, 5.41) is 8.21. The van der Waals surface area contributed by atoms with Gasteiger partial charge in [0.1, 0.15) is 0 Å². The highest BCUT2D eigenvalue weighted by Crippen LogP contribution is 2.05. The number of carbonyl (C=O) groups is 2. The van der Waals surface area contributed by atoms with Crippen LogP contribution in [-0.2, 0) is 9.59 Å². The second-order valence-electron chi connectivity index (χ2n) is 1.93. The van der Waals surface area contributed by atoms with Crippen LogP contribution in [0.4, 0.5) is 0 Å². The molecule has 0 bridgehead atoms. The molecule has 0 radical (unpaired) electrons. The van der Waals surface area contributed by atoms with Gasteiger partial charge in [-0.15, -0.1) is 11.6 Å². The van der Waals surface area contributed by atoms with Crippen molar-refractivity contribution in [3.8, 4) is 0 Å². The molecule has 1 N–H and O–H groups in total. The lowest BCUT2D eigenvalue weighted by atomic mass is 10.0. The van der Waals surface area contributed by atoms with E-state index in [4.69, 9.17) is 16.7 Å². The lowest BCUT2D eigenvalue weighted by molar-refractivity contribution is -0.150. The summed E-state index contributed by atoms with van der Waals surface area (Å²) < 4.78 is 0. The summed E-state index contributed by atoms with van der Waals surface area (Å²) in [6.45, 7) is 1.73. The highest BCUT2D eigenvalue weighted by molar-refractivity contribution is 6.35. The van der Waals surface area contributed by atoms with Gasteiger partial charge in [-0.2, -0.15) is 0 Å². The third-order valence-corrected chi connectivity index (χ3v) is 1.63. The summed E-state index contributed by atoms with van der Waals surface area (Å²) in [7, 11) is 0. The van der Waals surface area contributed by atoms with E-state index < -0.39 is 17.7 Å². The first-order valence-electron chi connectivity index (χ1n) is 2.96. The van der Waals surface area contributed by atoms with Crippen LogP contribution in [0.5, 0.6) is 0 Å². The predicted octanol–water partition coefficient (Wildman–Crippen LogP) is 0.905. The van der Waals surface area contributed by atoms with Crippen LogP contribution in [0.25, 0.3) is 0 Å². The van der Waals surface area contributed by atoms with Gasteiger partial charge in [0.2, 0.25) is 5.78 Å². The zero-order chi connectivity index (χ0) is 8.15. The van der Waals surface area contributed by atoms with E-state index in [-0.39, 0.29) is 5.88 Å². The number of aliphatic carboxylic acids is 1. The monoisotopic (exact) mass is 164 g/mol. The van der Waals surface area contributed by atoms with Gasteiger partial charge in [-0.1, -0.05) is 6.92 Å². The van der Waals surface area contributed by atoms with Gasteiger partial charge in [-0.3, -0.25) is 4.79 Å². The number of carboxylic acid groups (broad SMARTS) is 1. The third-order valence-electron chi connectivity index (χ3n) is 1.26. The van der Waals surface area contributed by atoms with E-state index >= 15 is 0 Å². The maximum atomic E-state index is 10.6. The molecule has 0 amide bonds. The number of ketones is 1. The Labute approximate surface area is 64.0 Å². The third kappa shape index (κ3) is 2.35. The highest BCUT2D eigenvalue weighted by Gasteiger charge is 2.21. The molecule has 0 fully saturated rings. The van der Waals surface area contributed by atoms with E-state index in [0.717, 1.165) is 0 Å². The molecule has 0 aromatic heterocycles. The van der Waals surface area contributed by atoms with Crippen molar-refractivity contribution in [3.05, 3.63) is 0 Å². The Morgan fingerprint density at radius 2 is 2.10 bits per heavy atom. The zero-order valence-corrected chi connectivity index (χ0v) is 6.39. The van der Waals surface area contributed by atoms with Crippen molar-refractivity contribution in [3.63, 3.8) is 0 Å². The van der Waals surface area contributed by atoms with Crippen molar-refractivity contribution >= 4 is 23.4 Å². The largest absolute Gasteiger partial charge is 0.475 e. The number of rotatable bonds is 4. The minimum atomic E-state index is -1.40. The summed E-state index contributed by atoms with van der Waals surface area (Å²) >= 11 is 5.32. The Morgan fingerprint density at radius 3 is 2.20 bits per heavy atom. The Bertz CT molecular complexity index is 140. The number of halogens is 1. The van der Waals surface area contributed by atoms with Gasteiger partial charge in [0, 0.05) is 11.8 Å². The van der Waals surface area contributed by atoms with Crippen molar-refractivity contribution in [2.75, 3.05) is 5.88 Å². The molecule has 0 aliphatic heterocycles. The molecule has 4 heteroatoms. The molecular weight excluding hydrogens is 156 g/mol. The molecule has 1 unspecified atom stereocenters. The average Bonchev–Trinajstić information content (AvgIpc) is 1.90. The van der Waals surface area contributed by atoms with Gasteiger partial charge in [0.15, 0.2) is 0 Å². The Kier molecular flexibility index (Phi) is 4.03. The van der Waals surface area contributed by atoms with Crippen LogP contribution in [0, 0.1) is 5.92 Å². The van der Waals surface area contributed by atoms with E-state index in [1.54, 1.807) is 6.92 Å². The molecular formula is C6H9ClO3. The fraction of sp³-hybridized carbons (Fsp3) is 0.667. The predicted molar refractivity (Wildman–Crippen MR) is 37.1 cm³/mol. The molecule has 0 rings (SSSR count). The molecule has 0 aromatic carbocycles. The average molecular weight is 165 g/mol. The van der Waals surface area contributed by atoms with Crippen LogP contribution in [0.3, 0.4) is 0 Å². The number of carboxylic acids is 1. The first-order chi connectivity index (χ1) is 4.63. The van der Waals surface area contributed by atoms with E-state index in [2.05, 4.69) is 0 Å². The summed E-state index contributed by atoms with van der Waals surface area (Å²) in [4.78, 5) is 20.7. The van der Waals surface area contributed by atoms with Crippen molar-refractivity contribution in [1.82, 2.24) is 0 Å². The van der Waals surface area contributed by atoms with E-state index in [9.17, 15) is 9.59 Å². The number of alkyl halides is 1. The van der Waals surface area contributed by atoms with E-state index in [1.165, 1.54) is 0 Å². The molecule has 0 heterocycles. The first-order valence-corrected chi connectivity index (χ1v) is 3.50. The molecule has 1 atom stereocenters. The van der Waals surface area contributed by atoms with Crippen LogP contribution in [0.15, 0.2) is 0 Å². The van der Waals surface area contributed by atoms with Crippen LogP contribution < -0.4 is 0 Å². The maximum absolute atomic E-state index is 10.6. The molecule has 0 saturated carbocycles. The Hall–Kier alpha value is -0.570. The topological polar surface area (TPSA) is 54.4 Å². The smallest absolute Gasteiger partial charge is 0.372 e. The van der Waals surface area contributed by atoms with Gasteiger partial charge in [-0.25, -0.2) is 4.79 Å². The first kappa shape index (κ1) is 9.43. The van der Waals surface area contributed by atoms with Gasteiger partial charge in [0.05, 0.1) is 0 Å². The number of Topliss-reactive ketones (excluding diaryl/α,β-unsaturated/α-hetero) is 1. The number of carbonyl (C=O) groups excluding carboxylic acids is 1. The van der Waals surface area contributed by atoms with E-state index in [0.29, 0.717) is 6.42 Å². The van der Waals surface area contributed by atoms with Gasteiger partial charge < -0.3 is 5.11 Å². The molecule has 0 spiro atoms. The highest BCUT2D eigenvalue weighted by atomic mass is 35.5. The molecule has 3 nitrogen and oxygen atoms in total. The molecule has 0 aliphatic rings. The minimum Gasteiger partial charge on any atom is -0.475 e. The quantitative estimate of drug-likeness (QED) is 0.496. The molecule has 0 aromatic rings. The minimum absolute atomic E-state index is 0.0850. The van der Waals surface area contributed by atoms with Gasteiger partial charge in [0.25, 0.3) is 0 Å². The summed E-state index contributed by atoms with van der Waals surface area (Å²) in [6.07, 6.45) is 0.481. The number of hydrogen-bond donors (Lipinski definition) is 1. The van der Waals surface area contributed by atoms with Crippen molar-refractivity contribution in [2.24, 2.45) is 5.92 Å². The Balaban J connectivity index is 4.02. The summed E-state index contributed by atoms with van der Waals surface area (Å²) in [6, 6.07) is 0. The SMILES string of the molecule is CCC(CCl)C(=O)C(=O)O. The van der Waals surface area contributed by atoms with Crippen molar-refractivity contribution in [1.29, 1.82) is 0 Å². The normalized spacial score (nSPS) is 12.6. The summed E-state index contributed by atoms with van der Waals surface area (Å²) in [5.74, 6) is -2.63. The fourth-order valence-corrected chi connectivity index (χ4v) is 0.898. The zero-order valence-electron chi connectivity index (χ0n) is 5.63. The van der Waals surface area contributed by atoms with Crippen LogP contribution in [-0.4, -0.2) is 22.7 Å². The molecule has 58 valence electrons. The van der Waals surface area contributed by atoms with E-state index in [1.807, 2.05) is 0 Å². The Morgan fingerprint density at radius 1 is 1.60 bits per heavy atom. The van der Waals surface area contributed by atoms with Gasteiger partial charge >= 0.3 is 5.97 Å². The molecule has 10 heavy (non-hydrogen) atoms. The van der Waals surface area contributed by atoms with Crippen LogP contribution >= 0.6 is 11.6 Å². The maximum Gasteiger partial charge on any atom is 0.372 e. The number of hydrogen-bond acceptors (Lipinski definition) is 2. The summed E-state index contributed by atoms with van der Waals surface area (Å²) in [5.41, 5.74) is 0. The standard InChI is InChI=1S/C6H9ClO3/c1-2-4(3-7)5(8)6(9)10/h4H,2-3H2,1H3,(H,9,10). The van der Waals surface area contributed by atoms with Gasteiger partial charge in [-0.05, 0) is 6.42 Å². The molecule has 0 aliphatic carbocycles. The fourth-order valence-electron chi connectivity index (χ4n) is 0.539. The lowest BCUT2D eigenvalue weighted by Crippen LogP contribution is -2.23. The second-order valence-corrected chi connectivity index (χ2v) is 2.24. The lowest BCUT2D eigenvalue weighted by Gasteiger charge is -2.03. The van der Waals surface area contributed by atoms with Crippen molar-refractivity contribution < 1.29 is 14.7 Å². The van der Waals surface area contributed by atoms with Crippen LogP contribution in [0.2, 0.25) is 0 Å². The van der Waals surface area contributed by atoms with Crippen LogP contribution in [0.1, 0.15) is 13.3 Å².